The highest BCUT2D eigenvalue weighted by Gasteiger charge is 2.31. The van der Waals surface area contributed by atoms with Gasteiger partial charge < -0.3 is 29.4 Å². The maximum Gasteiger partial charge on any atom is 0.272 e. The molecule has 208 valence electrons. The molecule has 0 bridgehead atoms. The summed E-state index contributed by atoms with van der Waals surface area (Å²) < 4.78 is 17.1. The number of hydrogen-bond acceptors (Lipinski definition) is 8. The van der Waals surface area contributed by atoms with Gasteiger partial charge in [-0.15, -0.1) is 0 Å². The molecule has 4 heterocycles. The smallest absolute Gasteiger partial charge is 0.272 e. The molecule has 1 saturated carbocycles. The fraction of sp³-hybridized carbons (Fsp3) is 0.690. The molecule has 5 rings (SSSR count). The number of anilines is 1. The van der Waals surface area contributed by atoms with E-state index in [1.807, 2.05) is 18.7 Å². The van der Waals surface area contributed by atoms with E-state index in [1.165, 1.54) is 25.6 Å². The number of hydrogen-bond donors (Lipinski definition) is 2. The molecule has 38 heavy (non-hydrogen) atoms. The molecule has 1 aliphatic carbocycles. The molecule has 0 unspecified atom stereocenters. The van der Waals surface area contributed by atoms with Crippen molar-refractivity contribution in [2.45, 2.75) is 82.9 Å². The van der Waals surface area contributed by atoms with Crippen molar-refractivity contribution >= 4 is 11.7 Å². The molecule has 1 amide bonds. The summed E-state index contributed by atoms with van der Waals surface area (Å²) in [4.78, 5) is 24.2. The molecule has 0 spiro atoms. The van der Waals surface area contributed by atoms with E-state index >= 15 is 0 Å². The second-order valence-electron chi connectivity index (χ2n) is 11.2. The van der Waals surface area contributed by atoms with Crippen LogP contribution in [0.15, 0.2) is 22.9 Å². The van der Waals surface area contributed by atoms with Crippen molar-refractivity contribution in [3.05, 3.63) is 41.2 Å². The van der Waals surface area contributed by atoms with Crippen molar-refractivity contribution < 1.29 is 18.7 Å². The van der Waals surface area contributed by atoms with Crippen LogP contribution in [-0.2, 0) is 9.47 Å². The van der Waals surface area contributed by atoms with E-state index in [1.54, 1.807) is 7.11 Å². The highest BCUT2D eigenvalue weighted by Crippen LogP contribution is 2.37. The zero-order valence-corrected chi connectivity index (χ0v) is 23.1. The van der Waals surface area contributed by atoms with Gasteiger partial charge in [0.2, 0.25) is 0 Å². The summed E-state index contributed by atoms with van der Waals surface area (Å²) >= 11 is 0. The molecule has 2 N–H and O–H groups in total. The average molecular weight is 526 g/mol. The average Bonchev–Trinajstić information content (AvgIpc) is 3.39. The third kappa shape index (κ3) is 6.38. The number of carbonyl (C=O) groups excluding carboxylic acids is 1. The largest absolute Gasteiger partial charge is 0.466 e. The second kappa shape index (κ2) is 12.6. The first-order chi connectivity index (χ1) is 18.5. The summed E-state index contributed by atoms with van der Waals surface area (Å²) in [6.45, 7) is 7.65. The maximum atomic E-state index is 13.4. The van der Waals surface area contributed by atoms with Crippen LogP contribution >= 0.6 is 0 Å². The molecular formula is C29H43N5O4. The number of aryl methyl sites for hydroxylation is 1. The molecule has 3 fully saturated rings. The zero-order chi connectivity index (χ0) is 26.5. The van der Waals surface area contributed by atoms with Crippen LogP contribution in [0.5, 0.6) is 0 Å². The second-order valence-corrected chi connectivity index (χ2v) is 11.2. The van der Waals surface area contributed by atoms with Crippen LogP contribution in [0.1, 0.15) is 78.4 Å². The number of nitrogens with one attached hydrogen (secondary N) is 2. The lowest BCUT2D eigenvalue weighted by atomic mass is 9.80. The summed E-state index contributed by atoms with van der Waals surface area (Å²) in [7, 11) is 1.75. The Balaban J connectivity index is 1.13. The van der Waals surface area contributed by atoms with E-state index in [2.05, 4.69) is 32.7 Å². The number of furan rings is 1. The number of ether oxygens (including phenoxy) is 2. The van der Waals surface area contributed by atoms with Crippen molar-refractivity contribution in [3.8, 4) is 0 Å². The summed E-state index contributed by atoms with van der Waals surface area (Å²) in [5, 5.41) is 7.29. The highest BCUT2D eigenvalue weighted by atomic mass is 16.5. The Hall–Kier alpha value is -2.49. The lowest BCUT2D eigenvalue weighted by Crippen LogP contribution is -2.54. The van der Waals surface area contributed by atoms with E-state index in [0.717, 1.165) is 74.8 Å². The minimum absolute atomic E-state index is 0.00171. The Bertz CT molecular complexity index is 1070. The van der Waals surface area contributed by atoms with E-state index in [0.29, 0.717) is 36.2 Å². The van der Waals surface area contributed by atoms with Gasteiger partial charge in [0, 0.05) is 56.9 Å². The van der Waals surface area contributed by atoms with Gasteiger partial charge in [0.05, 0.1) is 12.7 Å². The SMILES string of the molecule is CO[C@@H]1COCC[C@@H]1NC1CCN(C(=O)c2ncnc(NC[C@@H]3CCC[C@H](c4ccc(C)o4)C3)c2C)CC1. The van der Waals surface area contributed by atoms with Gasteiger partial charge in [-0.25, -0.2) is 9.97 Å². The minimum atomic E-state index is -0.00171. The Morgan fingerprint density at radius 1 is 1.13 bits per heavy atom. The third-order valence-electron chi connectivity index (χ3n) is 8.63. The molecule has 2 saturated heterocycles. The normalized spacial score (nSPS) is 26.9. The Morgan fingerprint density at radius 2 is 1.97 bits per heavy atom. The van der Waals surface area contributed by atoms with Crippen LogP contribution in [0.4, 0.5) is 5.82 Å². The van der Waals surface area contributed by atoms with E-state index in [9.17, 15) is 4.79 Å². The van der Waals surface area contributed by atoms with Gasteiger partial charge in [0.1, 0.15) is 29.4 Å². The number of methoxy groups -OCH3 is 1. The van der Waals surface area contributed by atoms with Crippen molar-refractivity contribution in [2.24, 2.45) is 5.92 Å². The van der Waals surface area contributed by atoms with Crippen LogP contribution in [0.2, 0.25) is 0 Å². The van der Waals surface area contributed by atoms with Gasteiger partial charge in [-0.05, 0) is 70.4 Å². The quantitative estimate of drug-likeness (QED) is 0.532. The molecule has 2 aromatic rings. The van der Waals surface area contributed by atoms with Crippen molar-refractivity contribution in [3.63, 3.8) is 0 Å². The number of aromatic nitrogens is 2. The van der Waals surface area contributed by atoms with E-state index < -0.39 is 0 Å². The van der Waals surface area contributed by atoms with Gasteiger partial charge in [0.25, 0.3) is 5.91 Å². The van der Waals surface area contributed by atoms with Crippen LogP contribution < -0.4 is 10.6 Å². The van der Waals surface area contributed by atoms with Gasteiger partial charge in [-0.3, -0.25) is 4.79 Å². The van der Waals surface area contributed by atoms with Crippen molar-refractivity contribution in [1.82, 2.24) is 20.2 Å². The Kier molecular flexibility index (Phi) is 8.97. The minimum Gasteiger partial charge on any atom is -0.466 e. The van der Waals surface area contributed by atoms with E-state index in [-0.39, 0.29) is 12.0 Å². The Morgan fingerprint density at radius 3 is 2.74 bits per heavy atom. The fourth-order valence-corrected chi connectivity index (χ4v) is 6.33. The third-order valence-corrected chi connectivity index (χ3v) is 8.63. The van der Waals surface area contributed by atoms with Gasteiger partial charge in [-0.2, -0.15) is 0 Å². The summed E-state index contributed by atoms with van der Waals surface area (Å²) in [5.74, 6) is 3.89. The molecule has 9 heteroatoms. The summed E-state index contributed by atoms with van der Waals surface area (Å²) in [6.07, 6.45) is 9.10. The van der Waals surface area contributed by atoms with E-state index in [4.69, 9.17) is 13.9 Å². The predicted molar refractivity (Wildman–Crippen MR) is 145 cm³/mol. The Labute approximate surface area is 226 Å². The van der Waals surface area contributed by atoms with Gasteiger partial charge in [0.15, 0.2) is 0 Å². The van der Waals surface area contributed by atoms with Crippen LogP contribution in [0.25, 0.3) is 0 Å². The highest BCUT2D eigenvalue weighted by molar-refractivity contribution is 5.94. The zero-order valence-electron chi connectivity index (χ0n) is 23.1. The van der Waals surface area contributed by atoms with Crippen LogP contribution in [-0.4, -0.2) is 78.9 Å². The molecule has 4 atom stereocenters. The number of carbonyl (C=O) groups is 1. The molecular weight excluding hydrogens is 482 g/mol. The number of amides is 1. The topological polar surface area (TPSA) is 102 Å². The molecule has 0 radical (unpaired) electrons. The summed E-state index contributed by atoms with van der Waals surface area (Å²) in [6, 6.07) is 4.87. The number of rotatable bonds is 8. The fourth-order valence-electron chi connectivity index (χ4n) is 6.33. The summed E-state index contributed by atoms with van der Waals surface area (Å²) in [5.41, 5.74) is 1.34. The van der Waals surface area contributed by atoms with Crippen molar-refractivity contribution in [1.29, 1.82) is 0 Å². The number of likely N-dealkylation sites (tertiary alicyclic amines) is 1. The van der Waals surface area contributed by atoms with Crippen LogP contribution in [0.3, 0.4) is 0 Å². The monoisotopic (exact) mass is 525 g/mol. The first-order valence-electron chi connectivity index (χ1n) is 14.3. The lowest BCUT2D eigenvalue weighted by molar-refractivity contribution is -0.0533. The molecule has 3 aliphatic rings. The van der Waals surface area contributed by atoms with Gasteiger partial charge >= 0.3 is 0 Å². The molecule has 2 aromatic heterocycles. The molecule has 2 aliphatic heterocycles. The number of nitrogens with zero attached hydrogens (tertiary/aromatic N) is 3. The first-order valence-corrected chi connectivity index (χ1v) is 14.3. The number of piperidine rings is 1. The van der Waals surface area contributed by atoms with Crippen molar-refractivity contribution in [2.75, 3.05) is 45.3 Å². The van der Waals surface area contributed by atoms with Gasteiger partial charge in [-0.1, -0.05) is 6.42 Å². The first kappa shape index (κ1) is 27.1. The molecule has 9 nitrogen and oxygen atoms in total. The predicted octanol–water partition coefficient (Wildman–Crippen LogP) is 4.07. The van der Waals surface area contributed by atoms with Crippen LogP contribution in [0, 0.1) is 19.8 Å². The standard InChI is InChI=1S/C29H43N5O4/c1-19-7-8-25(38-19)22-6-4-5-21(15-22)16-30-28-20(2)27(31-18-32-28)29(35)34-12-9-23(10-13-34)33-24-11-14-37-17-26(24)36-3/h7-8,18,21-24,26,33H,4-6,9-17H2,1-3H3,(H,30,31,32)/t21-,22+,24+,26-/m1/s1. The maximum absolute atomic E-state index is 13.4. The molecule has 0 aromatic carbocycles. The lowest BCUT2D eigenvalue weighted by Gasteiger charge is -2.38.